The molecule has 0 unspecified atom stereocenters. The fourth-order valence-electron chi connectivity index (χ4n) is 2.42. The number of rotatable bonds is 7. The Kier molecular flexibility index (Phi) is 5.97. The second-order valence-corrected chi connectivity index (χ2v) is 9.21. The lowest BCUT2D eigenvalue weighted by Crippen LogP contribution is -2.36. The average Bonchev–Trinajstić information content (AvgIpc) is 2.86. The predicted octanol–water partition coefficient (Wildman–Crippen LogP) is -0.250. The molecule has 0 atom stereocenters. The highest BCUT2D eigenvalue weighted by atomic mass is 32.2. The van der Waals surface area contributed by atoms with Gasteiger partial charge in [0.05, 0.1) is 10.6 Å². The molecule has 0 aromatic heterocycles. The first-order valence-corrected chi connectivity index (χ1v) is 10.7. The van der Waals surface area contributed by atoms with Crippen LogP contribution in [0.5, 0.6) is 0 Å². The molecule has 1 aliphatic heterocycles. The summed E-state index contributed by atoms with van der Waals surface area (Å²) < 4.78 is 50.9. The quantitative estimate of drug-likeness (QED) is 0.682. The topological polar surface area (TPSA) is 113 Å². The zero-order valence-corrected chi connectivity index (χ0v) is 15.0. The maximum absolute atomic E-state index is 12.1. The van der Waals surface area contributed by atoms with Crippen molar-refractivity contribution in [2.75, 3.05) is 31.9 Å². The summed E-state index contributed by atoms with van der Waals surface area (Å²) in [5.41, 5.74) is 0.207. The SMILES string of the molecule is CCNS(=O)(=O)c1cccc(C(=O)NCCN2CCCS2(=O)=O)c1. The Bertz CT molecular complexity index is 805. The van der Waals surface area contributed by atoms with Crippen molar-refractivity contribution in [3.8, 4) is 0 Å². The molecular formula is C14H21N3O5S2. The van der Waals surface area contributed by atoms with E-state index >= 15 is 0 Å². The van der Waals surface area contributed by atoms with Crippen molar-refractivity contribution in [1.82, 2.24) is 14.3 Å². The Labute approximate surface area is 142 Å². The van der Waals surface area contributed by atoms with E-state index in [1.165, 1.54) is 28.6 Å². The monoisotopic (exact) mass is 375 g/mol. The minimum absolute atomic E-state index is 0.0131. The van der Waals surface area contributed by atoms with E-state index in [2.05, 4.69) is 10.0 Å². The molecule has 24 heavy (non-hydrogen) atoms. The van der Waals surface area contributed by atoms with Crippen molar-refractivity contribution < 1.29 is 21.6 Å². The van der Waals surface area contributed by atoms with Crippen molar-refractivity contribution in [3.05, 3.63) is 29.8 Å². The maximum Gasteiger partial charge on any atom is 0.251 e. The summed E-state index contributed by atoms with van der Waals surface area (Å²) in [5, 5.41) is 2.61. The lowest BCUT2D eigenvalue weighted by molar-refractivity contribution is 0.0951. The molecule has 10 heteroatoms. The molecule has 2 N–H and O–H groups in total. The van der Waals surface area contributed by atoms with E-state index in [1.54, 1.807) is 6.92 Å². The second-order valence-electron chi connectivity index (χ2n) is 5.35. The van der Waals surface area contributed by atoms with Crippen LogP contribution in [0.15, 0.2) is 29.2 Å². The zero-order chi connectivity index (χ0) is 17.8. The molecule has 1 saturated heterocycles. The molecule has 134 valence electrons. The van der Waals surface area contributed by atoms with E-state index in [-0.39, 0.29) is 35.8 Å². The van der Waals surface area contributed by atoms with Crippen LogP contribution in [0.4, 0.5) is 0 Å². The standard InChI is InChI=1S/C14H21N3O5S2/c1-2-16-24(21,22)13-6-3-5-12(11-13)14(18)15-7-9-17-8-4-10-23(17,19)20/h3,5-6,11,16H,2,4,7-10H2,1H3,(H,15,18). The molecule has 1 fully saturated rings. The molecule has 0 radical (unpaired) electrons. The first-order chi connectivity index (χ1) is 11.3. The van der Waals surface area contributed by atoms with Gasteiger partial charge in [-0.3, -0.25) is 4.79 Å². The number of carbonyl (C=O) groups is 1. The molecule has 0 aliphatic carbocycles. The van der Waals surface area contributed by atoms with Crippen molar-refractivity contribution in [2.24, 2.45) is 0 Å². The smallest absolute Gasteiger partial charge is 0.251 e. The molecule has 1 aromatic rings. The van der Waals surface area contributed by atoms with E-state index in [0.29, 0.717) is 13.0 Å². The zero-order valence-electron chi connectivity index (χ0n) is 13.4. The Morgan fingerprint density at radius 2 is 2.08 bits per heavy atom. The van der Waals surface area contributed by atoms with Crippen molar-refractivity contribution >= 4 is 26.0 Å². The van der Waals surface area contributed by atoms with Gasteiger partial charge in [0.25, 0.3) is 5.91 Å². The summed E-state index contributed by atoms with van der Waals surface area (Å²) in [6.45, 7) is 2.77. The number of carbonyl (C=O) groups excluding carboxylic acids is 1. The van der Waals surface area contributed by atoms with Gasteiger partial charge < -0.3 is 5.32 Å². The summed E-state index contributed by atoms with van der Waals surface area (Å²) in [6, 6.07) is 5.70. The number of benzene rings is 1. The highest BCUT2D eigenvalue weighted by molar-refractivity contribution is 7.89. The van der Waals surface area contributed by atoms with Crippen LogP contribution in [0.3, 0.4) is 0 Å². The Morgan fingerprint density at radius 3 is 2.71 bits per heavy atom. The molecule has 0 bridgehead atoms. The minimum Gasteiger partial charge on any atom is -0.351 e. The molecule has 0 spiro atoms. The van der Waals surface area contributed by atoms with Crippen LogP contribution < -0.4 is 10.0 Å². The predicted molar refractivity (Wildman–Crippen MR) is 89.6 cm³/mol. The number of hydrogen-bond donors (Lipinski definition) is 2. The van der Waals surface area contributed by atoms with E-state index in [9.17, 15) is 21.6 Å². The lowest BCUT2D eigenvalue weighted by Gasteiger charge is -2.14. The maximum atomic E-state index is 12.1. The number of hydrogen-bond acceptors (Lipinski definition) is 5. The van der Waals surface area contributed by atoms with E-state index in [0.717, 1.165) is 0 Å². The summed E-state index contributed by atoms with van der Waals surface area (Å²) in [7, 11) is -6.82. The Balaban J connectivity index is 1.98. The van der Waals surface area contributed by atoms with Crippen LogP contribution in [-0.2, 0) is 20.0 Å². The number of nitrogens with zero attached hydrogens (tertiary/aromatic N) is 1. The van der Waals surface area contributed by atoms with Gasteiger partial charge in [0.2, 0.25) is 20.0 Å². The summed E-state index contributed by atoms with van der Waals surface area (Å²) >= 11 is 0. The van der Waals surface area contributed by atoms with E-state index in [4.69, 9.17) is 0 Å². The highest BCUT2D eigenvalue weighted by Crippen LogP contribution is 2.13. The highest BCUT2D eigenvalue weighted by Gasteiger charge is 2.27. The number of nitrogens with one attached hydrogen (secondary N) is 2. The molecular weight excluding hydrogens is 354 g/mol. The third-order valence-corrected chi connectivity index (χ3v) is 7.09. The van der Waals surface area contributed by atoms with Crippen LogP contribution >= 0.6 is 0 Å². The van der Waals surface area contributed by atoms with Gasteiger partial charge in [-0.05, 0) is 24.6 Å². The molecule has 1 heterocycles. The fourth-order valence-corrected chi connectivity index (χ4v) is 5.03. The molecule has 1 amide bonds. The van der Waals surface area contributed by atoms with Crippen molar-refractivity contribution in [3.63, 3.8) is 0 Å². The minimum atomic E-state index is -3.63. The lowest BCUT2D eigenvalue weighted by atomic mass is 10.2. The van der Waals surface area contributed by atoms with Gasteiger partial charge in [-0.15, -0.1) is 0 Å². The van der Waals surface area contributed by atoms with Crippen LogP contribution in [0.2, 0.25) is 0 Å². The average molecular weight is 375 g/mol. The molecule has 0 saturated carbocycles. The van der Waals surface area contributed by atoms with Gasteiger partial charge in [0, 0.05) is 31.7 Å². The van der Waals surface area contributed by atoms with E-state index < -0.39 is 26.0 Å². The van der Waals surface area contributed by atoms with Gasteiger partial charge >= 0.3 is 0 Å². The summed E-state index contributed by atoms with van der Waals surface area (Å²) in [5.74, 6) is -0.300. The van der Waals surface area contributed by atoms with Crippen molar-refractivity contribution in [1.29, 1.82) is 0 Å². The number of amides is 1. The second kappa shape index (κ2) is 7.60. The van der Waals surface area contributed by atoms with Crippen LogP contribution in [0, 0.1) is 0 Å². The summed E-state index contributed by atoms with van der Waals surface area (Å²) in [4.78, 5) is 12.1. The third-order valence-electron chi connectivity index (χ3n) is 3.59. The fraction of sp³-hybridized carbons (Fsp3) is 0.500. The first kappa shape index (κ1) is 18.8. The first-order valence-electron chi connectivity index (χ1n) is 7.62. The number of sulfonamides is 2. The third kappa shape index (κ3) is 4.53. The molecule has 1 aliphatic rings. The van der Waals surface area contributed by atoms with Crippen molar-refractivity contribution in [2.45, 2.75) is 18.2 Å². The Hall–Kier alpha value is -1.49. The molecule has 2 rings (SSSR count). The largest absolute Gasteiger partial charge is 0.351 e. The van der Waals surface area contributed by atoms with Gasteiger partial charge in [0.1, 0.15) is 0 Å². The summed E-state index contributed by atoms with van der Waals surface area (Å²) in [6.07, 6.45) is 0.598. The van der Waals surface area contributed by atoms with Crippen LogP contribution in [-0.4, -0.2) is 59.0 Å². The molecule has 8 nitrogen and oxygen atoms in total. The van der Waals surface area contributed by atoms with Crippen LogP contribution in [0.1, 0.15) is 23.7 Å². The Morgan fingerprint density at radius 1 is 1.33 bits per heavy atom. The molecule has 1 aromatic carbocycles. The normalized spacial score (nSPS) is 17.7. The van der Waals surface area contributed by atoms with Gasteiger partial charge in [-0.1, -0.05) is 13.0 Å². The van der Waals surface area contributed by atoms with E-state index in [1.807, 2.05) is 0 Å². The van der Waals surface area contributed by atoms with Gasteiger partial charge in [-0.25, -0.2) is 25.9 Å². The van der Waals surface area contributed by atoms with Crippen LogP contribution in [0.25, 0.3) is 0 Å². The van der Waals surface area contributed by atoms with Gasteiger partial charge in [-0.2, -0.15) is 0 Å². The van der Waals surface area contributed by atoms with Gasteiger partial charge in [0.15, 0.2) is 0 Å².